The highest BCUT2D eigenvalue weighted by Crippen LogP contribution is 2.54. The maximum Gasteiger partial charge on any atom is 0.162 e. The number of aliphatic carboxylic acids is 1. The topological polar surface area (TPSA) is 77.5 Å². The van der Waals surface area contributed by atoms with Gasteiger partial charge in [-0.1, -0.05) is 58.0 Å². The van der Waals surface area contributed by atoms with Crippen LogP contribution >= 0.6 is 0 Å². The Balaban J connectivity index is 2.00. The molecule has 0 aromatic heterocycles. The van der Waals surface area contributed by atoms with Crippen molar-refractivity contribution >= 4 is 17.5 Å². The molecule has 1 aliphatic heterocycles. The fraction of sp³-hybridized carbons (Fsp3) is 0.480. The number of nitrogens with zero attached hydrogens (tertiary/aromatic N) is 1. The Morgan fingerprint density at radius 3 is 1.80 bits per heavy atom. The summed E-state index contributed by atoms with van der Waals surface area (Å²) in [4.78, 5) is 40.2. The summed E-state index contributed by atoms with van der Waals surface area (Å²) in [6.45, 7) is 7.78. The maximum absolute atomic E-state index is 13.4. The molecule has 3 aliphatic rings. The lowest BCUT2D eigenvalue weighted by molar-refractivity contribution is -0.305. The number of ketones is 2. The van der Waals surface area contributed by atoms with Crippen LogP contribution in [0, 0.1) is 10.8 Å². The Kier molecular flexibility index (Phi) is 4.75. The van der Waals surface area contributed by atoms with Crippen LogP contribution in [-0.2, 0) is 14.4 Å². The summed E-state index contributed by atoms with van der Waals surface area (Å²) in [6.07, 6.45) is 1.96. The smallest absolute Gasteiger partial charge is 0.162 e. The standard InChI is InChI=1S/C25H29NO4/c1-24(2)10-16-22(18(27)12-24)21(15-8-6-5-7-9-15)23-17(26(16)14-20(29)30)11-25(3,4)13-19(23)28/h5-9,21H,10-14H2,1-4H3,(H,29,30)/p-1. The van der Waals surface area contributed by atoms with E-state index in [2.05, 4.69) is 0 Å². The van der Waals surface area contributed by atoms with Crippen LogP contribution in [0.15, 0.2) is 52.9 Å². The lowest BCUT2D eigenvalue weighted by atomic mass is 9.63. The predicted octanol–water partition coefficient (Wildman–Crippen LogP) is 3.12. The summed E-state index contributed by atoms with van der Waals surface area (Å²) in [6, 6.07) is 9.65. The van der Waals surface area contributed by atoms with Gasteiger partial charge >= 0.3 is 0 Å². The summed E-state index contributed by atoms with van der Waals surface area (Å²) in [5.41, 5.74) is 3.05. The van der Waals surface area contributed by atoms with Gasteiger partial charge in [0, 0.05) is 41.3 Å². The van der Waals surface area contributed by atoms with Crippen LogP contribution in [0.5, 0.6) is 0 Å². The van der Waals surface area contributed by atoms with Crippen molar-refractivity contribution in [3.63, 3.8) is 0 Å². The second-order valence-electron chi connectivity index (χ2n) is 10.4. The number of carbonyl (C=O) groups is 3. The van der Waals surface area contributed by atoms with Crippen LogP contribution in [0.1, 0.15) is 64.9 Å². The van der Waals surface area contributed by atoms with Crippen LogP contribution in [0.4, 0.5) is 0 Å². The van der Waals surface area contributed by atoms with Gasteiger partial charge in [0.2, 0.25) is 0 Å². The monoisotopic (exact) mass is 406 g/mol. The summed E-state index contributed by atoms with van der Waals surface area (Å²) in [7, 11) is 0. The summed E-state index contributed by atoms with van der Waals surface area (Å²) in [5, 5.41) is 11.7. The molecule has 1 aromatic rings. The number of allylic oxidation sites excluding steroid dienone is 4. The zero-order valence-electron chi connectivity index (χ0n) is 18.1. The molecule has 0 atom stereocenters. The molecule has 0 saturated heterocycles. The number of Topliss-reactive ketones (excluding diaryl/α,β-unsaturated/α-hetero) is 2. The minimum atomic E-state index is -1.21. The summed E-state index contributed by atoms with van der Waals surface area (Å²) < 4.78 is 0. The summed E-state index contributed by atoms with van der Waals surface area (Å²) >= 11 is 0. The predicted molar refractivity (Wildman–Crippen MR) is 111 cm³/mol. The molecule has 5 heteroatoms. The highest BCUT2D eigenvalue weighted by Gasteiger charge is 2.48. The fourth-order valence-electron chi connectivity index (χ4n) is 5.35. The minimum Gasteiger partial charge on any atom is -0.548 e. The highest BCUT2D eigenvalue weighted by atomic mass is 16.4. The van der Waals surface area contributed by atoms with E-state index in [1.807, 2.05) is 58.0 Å². The molecule has 0 bridgehead atoms. The SMILES string of the molecule is CC1(C)CC(=O)C2=C(C1)N(CC(=O)[O-])C1=C(C(=O)CC(C)(C)C1)C2c1ccccc1. The quantitative estimate of drug-likeness (QED) is 0.771. The van der Waals surface area contributed by atoms with Gasteiger partial charge in [-0.15, -0.1) is 0 Å². The van der Waals surface area contributed by atoms with Crippen LogP contribution in [0.3, 0.4) is 0 Å². The molecule has 0 unspecified atom stereocenters. The van der Waals surface area contributed by atoms with E-state index in [0.717, 1.165) is 17.0 Å². The first-order valence-corrected chi connectivity index (χ1v) is 10.5. The van der Waals surface area contributed by atoms with E-state index >= 15 is 0 Å². The zero-order valence-corrected chi connectivity index (χ0v) is 18.1. The molecule has 0 saturated carbocycles. The van der Waals surface area contributed by atoms with E-state index in [4.69, 9.17) is 0 Å². The third-order valence-corrected chi connectivity index (χ3v) is 6.44. The van der Waals surface area contributed by atoms with E-state index in [0.29, 0.717) is 36.8 Å². The van der Waals surface area contributed by atoms with Crippen molar-refractivity contribution in [1.82, 2.24) is 4.90 Å². The zero-order chi connectivity index (χ0) is 21.8. The first kappa shape index (κ1) is 20.6. The molecule has 0 spiro atoms. The normalized spacial score (nSPS) is 23.4. The fourth-order valence-corrected chi connectivity index (χ4v) is 5.35. The van der Waals surface area contributed by atoms with Gasteiger partial charge in [0.05, 0.1) is 12.5 Å². The molecular formula is C25H28NO4-. The number of benzene rings is 1. The molecule has 0 fully saturated rings. The largest absolute Gasteiger partial charge is 0.548 e. The molecule has 0 amide bonds. The average molecular weight is 407 g/mol. The van der Waals surface area contributed by atoms with Gasteiger partial charge in [-0.25, -0.2) is 0 Å². The average Bonchev–Trinajstić information content (AvgIpc) is 2.61. The van der Waals surface area contributed by atoms with Crippen molar-refractivity contribution in [3.8, 4) is 0 Å². The van der Waals surface area contributed by atoms with E-state index in [1.54, 1.807) is 4.90 Å². The maximum atomic E-state index is 13.4. The molecule has 0 N–H and O–H groups in total. The number of carbonyl (C=O) groups excluding carboxylic acids is 3. The number of carboxylic acid groups (broad SMARTS) is 1. The van der Waals surface area contributed by atoms with Crippen molar-refractivity contribution in [3.05, 3.63) is 58.4 Å². The van der Waals surface area contributed by atoms with Crippen LogP contribution in [0.25, 0.3) is 0 Å². The Labute approximate surface area is 177 Å². The highest BCUT2D eigenvalue weighted by molar-refractivity contribution is 6.07. The minimum absolute atomic E-state index is 0.00244. The van der Waals surface area contributed by atoms with Gasteiger partial charge in [-0.3, -0.25) is 9.59 Å². The third kappa shape index (κ3) is 3.51. The van der Waals surface area contributed by atoms with Crippen LogP contribution in [-0.4, -0.2) is 29.0 Å². The summed E-state index contributed by atoms with van der Waals surface area (Å²) in [5.74, 6) is -1.63. The number of hydrogen-bond acceptors (Lipinski definition) is 5. The van der Waals surface area contributed by atoms with Gasteiger partial charge in [0.25, 0.3) is 0 Å². The van der Waals surface area contributed by atoms with Gasteiger partial charge in [0.15, 0.2) is 11.6 Å². The van der Waals surface area contributed by atoms with Crippen molar-refractivity contribution < 1.29 is 19.5 Å². The molecule has 30 heavy (non-hydrogen) atoms. The third-order valence-electron chi connectivity index (χ3n) is 6.44. The lowest BCUT2D eigenvalue weighted by Crippen LogP contribution is -2.47. The molecule has 1 heterocycles. The van der Waals surface area contributed by atoms with Gasteiger partial charge in [-0.2, -0.15) is 0 Å². The lowest BCUT2D eigenvalue weighted by Gasteiger charge is -2.49. The van der Waals surface area contributed by atoms with E-state index in [1.165, 1.54) is 0 Å². The Morgan fingerprint density at radius 1 is 0.900 bits per heavy atom. The first-order chi connectivity index (χ1) is 14.0. The van der Waals surface area contributed by atoms with Crippen molar-refractivity contribution in [2.24, 2.45) is 10.8 Å². The van der Waals surface area contributed by atoms with Crippen molar-refractivity contribution in [2.75, 3.05) is 6.54 Å². The van der Waals surface area contributed by atoms with Gasteiger partial charge in [0.1, 0.15) is 0 Å². The molecule has 1 aromatic carbocycles. The Hall–Kier alpha value is -2.69. The molecule has 158 valence electrons. The van der Waals surface area contributed by atoms with Crippen molar-refractivity contribution in [1.29, 1.82) is 0 Å². The first-order valence-electron chi connectivity index (χ1n) is 10.5. The molecule has 5 nitrogen and oxygen atoms in total. The second-order valence-corrected chi connectivity index (χ2v) is 10.4. The van der Waals surface area contributed by atoms with E-state index in [9.17, 15) is 19.5 Å². The number of hydrogen-bond donors (Lipinski definition) is 0. The number of rotatable bonds is 3. The van der Waals surface area contributed by atoms with E-state index < -0.39 is 11.9 Å². The second kappa shape index (κ2) is 6.93. The molecule has 4 rings (SSSR count). The van der Waals surface area contributed by atoms with Gasteiger partial charge in [-0.05, 0) is 29.2 Å². The molecule has 0 radical (unpaired) electrons. The molecular weight excluding hydrogens is 378 g/mol. The van der Waals surface area contributed by atoms with Crippen molar-refractivity contribution in [2.45, 2.75) is 59.3 Å². The van der Waals surface area contributed by atoms with Gasteiger partial charge < -0.3 is 14.8 Å². The molecule has 2 aliphatic carbocycles. The number of carboxylic acids is 1. The van der Waals surface area contributed by atoms with Crippen LogP contribution in [0.2, 0.25) is 0 Å². The van der Waals surface area contributed by atoms with Crippen LogP contribution < -0.4 is 5.11 Å². The Morgan fingerprint density at radius 2 is 1.37 bits per heavy atom. The van der Waals surface area contributed by atoms with E-state index in [-0.39, 0.29) is 28.9 Å². The Bertz CT molecular complexity index is 943.